The minimum absolute atomic E-state index is 0.0598. The number of piperazine rings is 1. The molecule has 176 valence electrons. The first-order valence-corrected chi connectivity index (χ1v) is 11.5. The van der Waals surface area contributed by atoms with Crippen LogP contribution in [0.25, 0.3) is 10.9 Å². The summed E-state index contributed by atoms with van der Waals surface area (Å²) in [5, 5.41) is 13.9. The molecule has 0 radical (unpaired) electrons. The van der Waals surface area contributed by atoms with Gasteiger partial charge < -0.3 is 19.9 Å². The van der Waals surface area contributed by atoms with Gasteiger partial charge in [0.15, 0.2) is 0 Å². The molecule has 34 heavy (non-hydrogen) atoms. The predicted molar refractivity (Wildman–Crippen MR) is 133 cm³/mol. The van der Waals surface area contributed by atoms with E-state index < -0.39 is 0 Å². The normalized spacial score (nSPS) is 14.6. The number of anilines is 2. The summed E-state index contributed by atoms with van der Waals surface area (Å²) in [6.45, 7) is 10.3. The quantitative estimate of drug-likeness (QED) is 0.618. The van der Waals surface area contributed by atoms with Crippen LogP contribution in [0.3, 0.4) is 0 Å². The van der Waals surface area contributed by atoms with E-state index in [1.165, 1.54) is 0 Å². The minimum atomic E-state index is -0.0598. The van der Waals surface area contributed by atoms with Gasteiger partial charge in [0.1, 0.15) is 17.4 Å². The Kier molecular flexibility index (Phi) is 6.55. The van der Waals surface area contributed by atoms with Crippen LogP contribution in [0.1, 0.15) is 42.4 Å². The third kappa shape index (κ3) is 4.46. The molecule has 8 heteroatoms. The third-order valence-electron chi connectivity index (χ3n) is 6.49. The summed E-state index contributed by atoms with van der Waals surface area (Å²) in [5.41, 5.74) is 4.45. The Balaban J connectivity index is 1.72. The molecule has 8 nitrogen and oxygen atoms in total. The lowest BCUT2D eigenvalue weighted by Gasteiger charge is -2.36. The largest absolute Gasteiger partial charge is 0.495 e. The van der Waals surface area contributed by atoms with Gasteiger partial charge in [-0.2, -0.15) is 5.26 Å². The number of methoxy groups -OCH3 is 1. The summed E-state index contributed by atoms with van der Waals surface area (Å²) in [4.78, 5) is 25.2. The Morgan fingerprint density at radius 1 is 1.18 bits per heavy atom. The van der Waals surface area contributed by atoms with Gasteiger partial charge in [0.2, 0.25) is 5.91 Å². The number of hydrogen-bond acceptors (Lipinski definition) is 7. The molecule has 0 saturated carbocycles. The highest BCUT2D eigenvalue weighted by molar-refractivity contribution is 5.94. The van der Waals surface area contributed by atoms with E-state index in [-0.39, 0.29) is 11.9 Å². The minimum Gasteiger partial charge on any atom is -0.495 e. The standard InChI is InChI=1S/C26H30N6O2/c1-16-20(15-27)7-6-8-21(16)17(2)28-26-22-13-24(32-11-9-31(10-12-32)19(4)33)25(34-5)14-23(22)29-18(3)30-26/h6-8,13-14,17H,9-12H2,1-5H3,(H,28,29,30)/t17-/m1/s1. The number of nitriles is 1. The Hall–Kier alpha value is -3.86. The summed E-state index contributed by atoms with van der Waals surface area (Å²) < 4.78 is 5.72. The fraction of sp³-hybridized carbons (Fsp3) is 0.385. The monoisotopic (exact) mass is 458 g/mol. The number of nitrogens with one attached hydrogen (secondary N) is 1. The average Bonchev–Trinajstić information content (AvgIpc) is 2.83. The molecule has 0 bridgehead atoms. The number of fused-ring (bicyclic) bond motifs is 1. The smallest absolute Gasteiger partial charge is 0.219 e. The van der Waals surface area contributed by atoms with Gasteiger partial charge in [-0.1, -0.05) is 12.1 Å². The summed E-state index contributed by atoms with van der Waals surface area (Å²) in [6.07, 6.45) is 0. The van der Waals surface area contributed by atoms with Crippen LogP contribution in [0.2, 0.25) is 0 Å². The van der Waals surface area contributed by atoms with Crippen molar-refractivity contribution < 1.29 is 9.53 Å². The first-order chi connectivity index (χ1) is 16.3. The summed E-state index contributed by atoms with van der Waals surface area (Å²) in [7, 11) is 1.66. The van der Waals surface area contributed by atoms with Crippen molar-refractivity contribution in [1.82, 2.24) is 14.9 Å². The topological polar surface area (TPSA) is 94.4 Å². The number of hydrogen-bond donors (Lipinski definition) is 1. The highest BCUT2D eigenvalue weighted by atomic mass is 16.5. The number of benzene rings is 2. The van der Waals surface area contributed by atoms with Crippen LogP contribution in [0.4, 0.5) is 11.5 Å². The fourth-order valence-electron chi connectivity index (χ4n) is 4.57. The molecule has 1 atom stereocenters. The maximum atomic E-state index is 11.7. The zero-order valence-corrected chi connectivity index (χ0v) is 20.3. The van der Waals surface area contributed by atoms with Crippen molar-refractivity contribution in [3.8, 4) is 11.8 Å². The fourth-order valence-corrected chi connectivity index (χ4v) is 4.57. The van der Waals surface area contributed by atoms with Crippen LogP contribution in [0, 0.1) is 25.2 Å². The number of carbonyl (C=O) groups is 1. The lowest BCUT2D eigenvalue weighted by atomic mass is 9.98. The summed E-state index contributed by atoms with van der Waals surface area (Å²) in [5.74, 6) is 2.25. The van der Waals surface area contributed by atoms with Crippen LogP contribution in [0.15, 0.2) is 30.3 Å². The molecular weight excluding hydrogens is 428 g/mol. The third-order valence-corrected chi connectivity index (χ3v) is 6.49. The number of ether oxygens (including phenoxy) is 1. The highest BCUT2D eigenvalue weighted by Crippen LogP contribution is 2.36. The molecule has 1 aliphatic rings. The van der Waals surface area contributed by atoms with E-state index >= 15 is 0 Å². The van der Waals surface area contributed by atoms with Crippen molar-refractivity contribution in [1.29, 1.82) is 5.26 Å². The molecule has 4 rings (SSSR count). The van der Waals surface area contributed by atoms with Crippen LogP contribution in [-0.2, 0) is 4.79 Å². The highest BCUT2D eigenvalue weighted by Gasteiger charge is 2.23. The second-order valence-corrected chi connectivity index (χ2v) is 8.65. The SMILES string of the molecule is COc1cc2nc(C)nc(N[C@H](C)c3cccc(C#N)c3C)c2cc1N1CCN(C(C)=O)CC1. The number of rotatable bonds is 5. The zero-order chi connectivity index (χ0) is 24.4. The number of nitrogens with zero attached hydrogens (tertiary/aromatic N) is 5. The van der Waals surface area contributed by atoms with Crippen LogP contribution in [0.5, 0.6) is 5.75 Å². The molecule has 1 aromatic heterocycles. The van der Waals surface area contributed by atoms with Gasteiger partial charge in [-0.15, -0.1) is 0 Å². The van der Waals surface area contributed by atoms with Gasteiger partial charge in [0.05, 0.1) is 36.0 Å². The van der Waals surface area contributed by atoms with Crippen molar-refractivity contribution in [3.63, 3.8) is 0 Å². The van der Waals surface area contributed by atoms with Gasteiger partial charge in [-0.05, 0) is 44.0 Å². The molecule has 1 aliphatic heterocycles. The second-order valence-electron chi connectivity index (χ2n) is 8.65. The van der Waals surface area contributed by atoms with E-state index in [0.717, 1.165) is 52.4 Å². The maximum Gasteiger partial charge on any atom is 0.219 e. The van der Waals surface area contributed by atoms with E-state index in [0.29, 0.717) is 24.5 Å². The molecule has 2 aromatic carbocycles. The first kappa shape index (κ1) is 23.3. The van der Waals surface area contributed by atoms with Crippen molar-refractivity contribution in [2.45, 2.75) is 33.7 Å². The lowest BCUT2D eigenvalue weighted by Crippen LogP contribution is -2.48. The first-order valence-electron chi connectivity index (χ1n) is 11.5. The van der Waals surface area contributed by atoms with Crippen molar-refractivity contribution >= 4 is 28.3 Å². The molecule has 0 unspecified atom stereocenters. The van der Waals surface area contributed by atoms with E-state index in [4.69, 9.17) is 9.72 Å². The maximum absolute atomic E-state index is 11.7. The zero-order valence-electron chi connectivity index (χ0n) is 20.3. The van der Waals surface area contributed by atoms with Crippen LogP contribution < -0.4 is 15.0 Å². The number of aromatic nitrogens is 2. The van der Waals surface area contributed by atoms with Gasteiger partial charge >= 0.3 is 0 Å². The van der Waals surface area contributed by atoms with E-state index in [1.54, 1.807) is 14.0 Å². The van der Waals surface area contributed by atoms with Crippen molar-refractivity contribution in [2.75, 3.05) is 43.5 Å². The van der Waals surface area contributed by atoms with E-state index in [9.17, 15) is 10.1 Å². The lowest BCUT2D eigenvalue weighted by molar-refractivity contribution is -0.129. The molecule has 1 amide bonds. The van der Waals surface area contributed by atoms with E-state index in [1.807, 2.05) is 43.0 Å². The van der Waals surface area contributed by atoms with Gasteiger partial charge in [-0.25, -0.2) is 9.97 Å². The van der Waals surface area contributed by atoms with Gasteiger partial charge in [-0.3, -0.25) is 4.79 Å². The van der Waals surface area contributed by atoms with Gasteiger partial charge in [0.25, 0.3) is 0 Å². The molecule has 2 heterocycles. The summed E-state index contributed by atoms with van der Waals surface area (Å²) in [6, 6.07) is 12.0. The Bertz CT molecular complexity index is 1270. The predicted octanol–water partition coefficient (Wildman–Crippen LogP) is 3.97. The Morgan fingerprint density at radius 2 is 1.91 bits per heavy atom. The van der Waals surface area contributed by atoms with Crippen molar-refractivity contribution in [2.24, 2.45) is 0 Å². The number of amides is 1. The molecule has 0 spiro atoms. The molecule has 3 aromatic rings. The molecular formula is C26H30N6O2. The average molecular weight is 459 g/mol. The number of aryl methyl sites for hydroxylation is 1. The Labute approximate surface area is 200 Å². The van der Waals surface area contributed by atoms with Crippen molar-refractivity contribution in [3.05, 3.63) is 52.8 Å². The summed E-state index contributed by atoms with van der Waals surface area (Å²) >= 11 is 0. The second kappa shape index (κ2) is 9.56. The molecule has 1 fully saturated rings. The van der Waals surface area contributed by atoms with Gasteiger partial charge in [0, 0.05) is 44.6 Å². The van der Waals surface area contributed by atoms with E-state index in [2.05, 4.69) is 34.3 Å². The molecule has 1 N–H and O–H groups in total. The van der Waals surface area contributed by atoms with Crippen LogP contribution >= 0.6 is 0 Å². The van der Waals surface area contributed by atoms with Crippen LogP contribution in [-0.4, -0.2) is 54.1 Å². The number of carbonyl (C=O) groups excluding carboxylic acids is 1. The molecule has 0 aliphatic carbocycles. The molecule has 1 saturated heterocycles. The Morgan fingerprint density at radius 3 is 2.56 bits per heavy atom.